The molecule has 28 heavy (non-hydrogen) atoms. The zero-order valence-corrected chi connectivity index (χ0v) is 16.7. The molecule has 0 radical (unpaired) electrons. The molecule has 8 nitrogen and oxygen atoms in total. The van der Waals surface area contributed by atoms with Gasteiger partial charge in [-0.25, -0.2) is 13.2 Å². The van der Waals surface area contributed by atoms with Crippen LogP contribution in [-0.4, -0.2) is 68.9 Å². The van der Waals surface area contributed by atoms with Gasteiger partial charge in [-0.1, -0.05) is 6.42 Å². The van der Waals surface area contributed by atoms with Crippen molar-refractivity contribution in [2.24, 2.45) is 0 Å². The molecule has 2 aliphatic rings. The minimum Gasteiger partial charge on any atom is -0.490 e. The number of aliphatic hydroxyl groups is 1. The molecule has 1 saturated heterocycles. The molecule has 1 aliphatic heterocycles. The van der Waals surface area contributed by atoms with Crippen LogP contribution in [0.3, 0.4) is 0 Å². The summed E-state index contributed by atoms with van der Waals surface area (Å²) in [4.78, 5) is 12.2. The molecular formula is C19H27NO7S. The van der Waals surface area contributed by atoms with Crippen LogP contribution in [0.2, 0.25) is 0 Å². The minimum atomic E-state index is -3.53. The number of esters is 1. The second kappa shape index (κ2) is 9.21. The maximum Gasteiger partial charge on any atom is 0.338 e. The summed E-state index contributed by atoms with van der Waals surface area (Å²) in [6, 6.07) is 6.14. The molecular weight excluding hydrogens is 386 g/mol. The SMILES string of the molecule is O=C(OCCOc1ccc(S(=O)(=O)N2CCOCC2)cc1)C1(O)CCCCC1. The first-order valence-corrected chi connectivity index (χ1v) is 11.1. The number of benzene rings is 1. The number of ether oxygens (including phenoxy) is 3. The maximum absolute atomic E-state index is 12.6. The van der Waals surface area contributed by atoms with Crippen molar-refractivity contribution in [2.75, 3.05) is 39.5 Å². The number of morpholine rings is 1. The molecule has 1 saturated carbocycles. The van der Waals surface area contributed by atoms with E-state index in [9.17, 15) is 18.3 Å². The average Bonchev–Trinajstić information content (AvgIpc) is 2.72. The normalized spacial score (nSPS) is 20.5. The van der Waals surface area contributed by atoms with Crippen LogP contribution < -0.4 is 4.74 Å². The average molecular weight is 413 g/mol. The van der Waals surface area contributed by atoms with E-state index in [0.29, 0.717) is 44.9 Å². The molecule has 1 N–H and O–H groups in total. The van der Waals surface area contributed by atoms with Crippen molar-refractivity contribution in [3.63, 3.8) is 0 Å². The Balaban J connectivity index is 1.46. The summed E-state index contributed by atoms with van der Waals surface area (Å²) in [7, 11) is -3.53. The molecule has 1 aromatic rings. The highest BCUT2D eigenvalue weighted by molar-refractivity contribution is 7.89. The lowest BCUT2D eigenvalue weighted by molar-refractivity contribution is -0.169. The zero-order chi connectivity index (χ0) is 20.0. The molecule has 0 spiro atoms. The van der Waals surface area contributed by atoms with Crippen molar-refractivity contribution >= 4 is 16.0 Å². The zero-order valence-electron chi connectivity index (χ0n) is 15.8. The summed E-state index contributed by atoms with van der Waals surface area (Å²) in [5, 5.41) is 10.3. The number of hydrogen-bond acceptors (Lipinski definition) is 7. The number of sulfonamides is 1. The number of carbonyl (C=O) groups is 1. The van der Waals surface area contributed by atoms with Crippen molar-refractivity contribution in [1.29, 1.82) is 0 Å². The van der Waals surface area contributed by atoms with Gasteiger partial charge in [-0.3, -0.25) is 0 Å². The van der Waals surface area contributed by atoms with Gasteiger partial charge >= 0.3 is 5.97 Å². The lowest BCUT2D eigenvalue weighted by Crippen LogP contribution is -2.42. The first-order valence-electron chi connectivity index (χ1n) is 9.62. The molecule has 3 rings (SSSR count). The molecule has 1 heterocycles. The third-order valence-corrected chi connectivity index (χ3v) is 6.99. The van der Waals surface area contributed by atoms with E-state index in [-0.39, 0.29) is 18.1 Å². The van der Waals surface area contributed by atoms with E-state index in [1.807, 2.05) is 0 Å². The smallest absolute Gasteiger partial charge is 0.338 e. The Kier molecular flexibility index (Phi) is 6.92. The largest absolute Gasteiger partial charge is 0.490 e. The van der Waals surface area contributed by atoms with Crippen LogP contribution in [-0.2, 0) is 24.3 Å². The Labute approximate surface area is 165 Å². The monoisotopic (exact) mass is 413 g/mol. The van der Waals surface area contributed by atoms with Gasteiger partial charge in [-0.2, -0.15) is 4.31 Å². The minimum absolute atomic E-state index is 0.0228. The number of carbonyl (C=O) groups excluding carboxylic acids is 1. The van der Waals surface area contributed by atoms with Gasteiger partial charge in [0.05, 0.1) is 18.1 Å². The van der Waals surface area contributed by atoms with E-state index in [1.165, 1.54) is 16.4 Å². The summed E-state index contributed by atoms with van der Waals surface area (Å²) in [6.07, 6.45) is 3.54. The molecule has 0 bridgehead atoms. The van der Waals surface area contributed by atoms with Crippen molar-refractivity contribution < 1.29 is 32.5 Å². The molecule has 9 heteroatoms. The Morgan fingerprint density at radius 2 is 1.71 bits per heavy atom. The molecule has 0 amide bonds. The third kappa shape index (κ3) is 5.02. The second-order valence-corrected chi connectivity index (χ2v) is 9.00. The van der Waals surface area contributed by atoms with Crippen molar-refractivity contribution in [3.05, 3.63) is 24.3 Å². The summed E-state index contributed by atoms with van der Waals surface area (Å²) in [5.74, 6) is -0.115. The topological polar surface area (TPSA) is 102 Å². The van der Waals surface area contributed by atoms with Gasteiger partial charge in [-0.15, -0.1) is 0 Å². The quantitative estimate of drug-likeness (QED) is 0.531. The van der Waals surface area contributed by atoms with Gasteiger partial charge in [0.25, 0.3) is 0 Å². The van der Waals surface area contributed by atoms with Crippen LogP contribution >= 0.6 is 0 Å². The fourth-order valence-corrected chi connectivity index (χ4v) is 4.82. The standard InChI is InChI=1S/C19H27NO7S/c21-18(19(22)8-2-1-3-9-19)27-15-14-26-16-4-6-17(7-5-16)28(23,24)20-10-12-25-13-11-20/h4-7,22H,1-3,8-15H2. The van der Waals surface area contributed by atoms with E-state index in [2.05, 4.69) is 0 Å². The Bertz CT molecular complexity index is 751. The van der Waals surface area contributed by atoms with Crippen LogP contribution in [0, 0.1) is 0 Å². The van der Waals surface area contributed by atoms with Gasteiger partial charge in [-0.05, 0) is 49.9 Å². The predicted octanol–water partition coefficient (Wildman–Crippen LogP) is 1.32. The summed E-state index contributed by atoms with van der Waals surface area (Å²) in [6.45, 7) is 1.63. The number of rotatable bonds is 7. The molecule has 156 valence electrons. The van der Waals surface area contributed by atoms with E-state index < -0.39 is 21.6 Å². The first-order chi connectivity index (χ1) is 13.4. The maximum atomic E-state index is 12.6. The number of nitrogens with zero attached hydrogens (tertiary/aromatic N) is 1. The highest BCUT2D eigenvalue weighted by Crippen LogP contribution is 2.29. The molecule has 1 aromatic carbocycles. The van der Waals surface area contributed by atoms with Crippen molar-refractivity contribution in [1.82, 2.24) is 4.31 Å². The van der Waals surface area contributed by atoms with E-state index >= 15 is 0 Å². The highest BCUT2D eigenvalue weighted by Gasteiger charge is 2.38. The van der Waals surface area contributed by atoms with Crippen LogP contribution in [0.4, 0.5) is 0 Å². The predicted molar refractivity (Wildman–Crippen MR) is 101 cm³/mol. The Morgan fingerprint density at radius 1 is 1.07 bits per heavy atom. The fourth-order valence-electron chi connectivity index (χ4n) is 3.41. The van der Waals surface area contributed by atoms with Crippen molar-refractivity contribution in [3.8, 4) is 5.75 Å². The first kappa shape index (κ1) is 21.0. The number of hydrogen-bond donors (Lipinski definition) is 1. The van der Waals surface area contributed by atoms with E-state index in [0.717, 1.165) is 19.3 Å². The van der Waals surface area contributed by atoms with Gasteiger partial charge in [0, 0.05) is 13.1 Å². The Hall–Kier alpha value is -1.68. The summed E-state index contributed by atoms with van der Waals surface area (Å²) in [5.41, 5.74) is -1.37. The highest BCUT2D eigenvalue weighted by atomic mass is 32.2. The van der Waals surface area contributed by atoms with Crippen LogP contribution in [0.25, 0.3) is 0 Å². The van der Waals surface area contributed by atoms with Gasteiger partial charge in [0.2, 0.25) is 10.0 Å². The van der Waals surface area contributed by atoms with Gasteiger partial charge < -0.3 is 19.3 Å². The molecule has 0 unspecified atom stereocenters. The van der Waals surface area contributed by atoms with Gasteiger partial charge in [0.15, 0.2) is 5.60 Å². The third-order valence-electron chi connectivity index (χ3n) is 5.08. The van der Waals surface area contributed by atoms with Gasteiger partial charge in [0.1, 0.15) is 19.0 Å². The molecule has 0 aromatic heterocycles. The lowest BCUT2D eigenvalue weighted by atomic mass is 9.85. The van der Waals surface area contributed by atoms with Crippen LogP contribution in [0.1, 0.15) is 32.1 Å². The summed E-state index contributed by atoms with van der Waals surface area (Å²) >= 11 is 0. The molecule has 2 fully saturated rings. The van der Waals surface area contributed by atoms with Crippen molar-refractivity contribution in [2.45, 2.75) is 42.6 Å². The van der Waals surface area contributed by atoms with Crippen LogP contribution in [0.15, 0.2) is 29.2 Å². The molecule has 0 atom stereocenters. The van der Waals surface area contributed by atoms with E-state index in [4.69, 9.17) is 14.2 Å². The fraction of sp³-hybridized carbons (Fsp3) is 0.632. The van der Waals surface area contributed by atoms with E-state index in [1.54, 1.807) is 12.1 Å². The molecule has 1 aliphatic carbocycles. The second-order valence-electron chi connectivity index (χ2n) is 7.06. The Morgan fingerprint density at radius 3 is 2.36 bits per heavy atom. The summed E-state index contributed by atoms with van der Waals surface area (Å²) < 4.78 is 42.4. The lowest BCUT2D eigenvalue weighted by Gasteiger charge is -2.29. The van der Waals surface area contributed by atoms with Crippen LogP contribution in [0.5, 0.6) is 5.75 Å².